The molecule has 1 heterocycles. The highest BCUT2D eigenvalue weighted by molar-refractivity contribution is 5.64. The Morgan fingerprint density at radius 3 is 2.19 bits per heavy atom. The zero-order chi connectivity index (χ0) is 22.2. The van der Waals surface area contributed by atoms with Gasteiger partial charge < -0.3 is 14.6 Å². The highest BCUT2D eigenvalue weighted by Gasteiger charge is 2.13. The number of nitrogens with one attached hydrogen (secondary N) is 1. The first-order chi connectivity index (χ1) is 15.7. The second-order valence-corrected chi connectivity index (χ2v) is 8.38. The van der Waals surface area contributed by atoms with Crippen molar-refractivity contribution in [2.45, 2.75) is 45.5 Å². The van der Waals surface area contributed by atoms with Gasteiger partial charge in [0.25, 0.3) is 0 Å². The molecule has 1 atom stereocenters. The van der Waals surface area contributed by atoms with E-state index in [1.807, 2.05) is 49.1 Å². The summed E-state index contributed by atoms with van der Waals surface area (Å²) < 4.78 is 8.04. The lowest BCUT2D eigenvalue weighted by Crippen LogP contribution is -2.29. The largest absolute Gasteiger partial charge is 0.489 e. The van der Waals surface area contributed by atoms with Gasteiger partial charge in [-0.3, -0.25) is 0 Å². The molecule has 4 aromatic rings. The molecule has 0 spiro atoms. The summed E-state index contributed by atoms with van der Waals surface area (Å²) >= 11 is 0. The number of aromatic nitrogens is 2. The molecule has 0 amide bonds. The van der Waals surface area contributed by atoms with Crippen LogP contribution in [-0.2, 0) is 13.2 Å². The molecule has 3 aromatic carbocycles. The van der Waals surface area contributed by atoms with Crippen LogP contribution in [-0.4, -0.2) is 15.6 Å². The van der Waals surface area contributed by atoms with Crippen LogP contribution in [0.25, 0.3) is 11.1 Å². The summed E-state index contributed by atoms with van der Waals surface area (Å²) in [6.45, 7) is 5.91. The molecule has 164 valence electrons. The van der Waals surface area contributed by atoms with Gasteiger partial charge in [-0.2, -0.15) is 0 Å². The van der Waals surface area contributed by atoms with Crippen LogP contribution in [0.15, 0.2) is 97.6 Å². The van der Waals surface area contributed by atoms with Crippen LogP contribution in [0.2, 0.25) is 0 Å². The maximum Gasteiger partial charge on any atom is 0.119 e. The highest BCUT2D eigenvalue weighted by atomic mass is 16.5. The molecule has 0 saturated carbocycles. The molecule has 0 aliphatic heterocycles. The summed E-state index contributed by atoms with van der Waals surface area (Å²) in [7, 11) is 0. The number of nitrogens with zero attached hydrogens (tertiary/aromatic N) is 2. The third-order valence-corrected chi connectivity index (χ3v) is 5.52. The Labute approximate surface area is 190 Å². The molecular weight excluding hydrogens is 394 g/mol. The lowest BCUT2D eigenvalue weighted by molar-refractivity contribution is 0.306. The Balaban J connectivity index is 1.39. The van der Waals surface area contributed by atoms with E-state index in [-0.39, 0.29) is 0 Å². The predicted molar refractivity (Wildman–Crippen MR) is 131 cm³/mol. The quantitative estimate of drug-likeness (QED) is 0.326. The average Bonchev–Trinajstić information content (AvgIpc) is 3.35. The van der Waals surface area contributed by atoms with Crippen LogP contribution in [0.4, 0.5) is 0 Å². The number of ether oxygens (including phenoxy) is 1. The molecule has 4 heteroatoms. The first-order valence-electron chi connectivity index (χ1n) is 11.3. The van der Waals surface area contributed by atoms with Crippen molar-refractivity contribution in [2.75, 3.05) is 0 Å². The molecule has 32 heavy (non-hydrogen) atoms. The topological polar surface area (TPSA) is 39.1 Å². The Morgan fingerprint density at radius 1 is 0.875 bits per heavy atom. The second kappa shape index (κ2) is 10.8. The fourth-order valence-corrected chi connectivity index (χ4v) is 3.84. The third kappa shape index (κ3) is 6.08. The van der Waals surface area contributed by atoms with E-state index in [2.05, 4.69) is 77.2 Å². The van der Waals surface area contributed by atoms with Crippen molar-refractivity contribution >= 4 is 0 Å². The van der Waals surface area contributed by atoms with Crippen molar-refractivity contribution in [1.29, 1.82) is 0 Å². The van der Waals surface area contributed by atoms with E-state index in [1.165, 1.54) is 22.3 Å². The van der Waals surface area contributed by atoms with E-state index in [9.17, 15) is 0 Å². The van der Waals surface area contributed by atoms with Crippen LogP contribution < -0.4 is 10.1 Å². The molecule has 4 nitrogen and oxygen atoms in total. The van der Waals surface area contributed by atoms with Gasteiger partial charge in [-0.15, -0.1) is 0 Å². The first kappa shape index (κ1) is 21.8. The number of aryl methyl sites for hydroxylation is 1. The van der Waals surface area contributed by atoms with Gasteiger partial charge in [0, 0.05) is 31.0 Å². The van der Waals surface area contributed by atoms with Gasteiger partial charge >= 0.3 is 0 Å². The Morgan fingerprint density at radius 2 is 1.56 bits per heavy atom. The minimum absolute atomic E-state index is 0.306. The number of hydrogen-bond acceptors (Lipinski definition) is 3. The van der Waals surface area contributed by atoms with Crippen LogP contribution in [0.1, 0.15) is 37.4 Å². The summed E-state index contributed by atoms with van der Waals surface area (Å²) in [5, 5.41) is 3.70. The molecule has 0 bridgehead atoms. The number of rotatable bonds is 10. The standard InChI is InChI=1S/C28H31N3O/c1-22(2)30-28(16-18-31-19-17-29-21-31)26-10-8-24(9-11-26)25-12-14-27(15-13-25)32-20-23-6-4-3-5-7-23/h3-15,17,19,21-22,28,30H,16,18,20H2,1-2H3. The normalized spacial score (nSPS) is 12.1. The third-order valence-electron chi connectivity index (χ3n) is 5.52. The fraction of sp³-hybridized carbons (Fsp3) is 0.250. The molecular formula is C28H31N3O. The Bertz CT molecular complexity index is 1060. The van der Waals surface area contributed by atoms with Crippen LogP contribution in [0.3, 0.4) is 0 Å². The zero-order valence-corrected chi connectivity index (χ0v) is 18.8. The fourth-order valence-electron chi connectivity index (χ4n) is 3.84. The van der Waals surface area contributed by atoms with Crippen molar-refractivity contribution in [1.82, 2.24) is 14.9 Å². The molecule has 1 aromatic heterocycles. The summed E-state index contributed by atoms with van der Waals surface area (Å²) in [6, 6.07) is 28.2. The molecule has 0 radical (unpaired) electrons. The summed E-state index contributed by atoms with van der Waals surface area (Å²) in [5.41, 5.74) is 4.88. The summed E-state index contributed by atoms with van der Waals surface area (Å²) in [6.07, 6.45) is 6.74. The maximum atomic E-state index is 5.91. The van der Waals surface area contributed by atoms with Gasteiger partial charge in [-0.1, -0.05) is 80.6 Å². The van der Waals surface area contributed by atoms with Crippen molar-refractivity contribution < 1.29 is 4.74 Å². The second-order valence-electron chi connectivity index (χ2n) is 8.38. The zero-order valence-electron chi connectivity index (χ0n) is 18.8. The SMILES string of the molecule is CC(C)NC(CCn1ccnc1)c1ccc(-c2ccc(OCc3ccccc3)cc2)cc1. The van der Waals surface area contributed by atoms with Crippen molar-refractivity contribution in [3.63, 3.8) is 0 Å². The monoisotopic (exact) mass is 425 g/mol. The van der Waals surface area contributed by atoms with Crippen LogP contribution in [0, 0.1) is 0 Å². The van der Waals surface area contributed by atoms with Crippen molar-refractivity contribution in [2.24, 2.45) is 0 Å². The van der Waals surface area contributed by atoms with Crippen LogP contribution in [0.5, 0.6) is 5.75 Å². The highest BCUT2D eigenvalue weighted by Crippen LogP contribution is 2.26. The summed E-state index contributed by atoms with van der Waals surface area (Å²) in [4.78, 5) is 4.15. The van der Waals surface area contributed by atoms with Gasteiger partial charge in [0.05, 0.1) is 6.33 Å². The molecule has 0 saturated heterocycles. The maximum absolute atomic E-state index is 5.91. The first-order valence-corrected chi connectivity index (χ1v) is 11.3. The van der Waals surface area contributed by atoms with E-state index in [4.69, 9.17) is 4.74 Å². The van der Waals surface area contributed by atoms with E-state index in [0.29, 0.717) is 18.7 Å². The summed E-state index contributed by atoms with van der Waals surface area (Å²) in [5.74, 6) is 0.884. The van der Waals surface area contributed by atoms with Gasteiger partial charge in [-0.25, -0.2) is 4.98 Å². The Hall–Kier alpha value is -3.37. The van der Waals surface area contributed by atoms with Crippen molar-refractivity contribution in [3.8, 4) is 16.9 Å². The van der Waals surface area contributed by atoms with Gasteiger partial charge in [0.15, 0.2) is 0 Å². The molecule has 1 N–H and O–H groups in total. The number of imidazole rings is 1. The molecule has 4 rings (SSSR count). The molecule has 0 fully saturated rings. The Kier molecular flexibility index (Phi) is 7.36. The molecule has 0 aliphatic carbocycles. The smallest absolute Gasteiger partial charge is 0.119 e. The van der Waals surface area contributed by atoms with E-state index in [1.54, 1.807) is 0 Å². The van der Waals surface area contributed by atoms with E-state index in [0.717, 1.165) is 18.7 Å². The van der Waals surface area contributed by atoms with Gasteiger partial charge in [0.2, 0.25) is 0 Å². The predicted octanol–water partition coefficient (Wildman–Crippen LogP) is 6.26. The van der Waals surface area contributed by atoms with Crippen LogP contribution >= 0.6 is 0 Å². The van der Waals surface area contributed by atoms with E-state index >= 15 is 0 Å². The lowest BCUT2D eigenvalue weighted by atomic mass is 9.98. The average molecular weight is 426 g/mol. The van der Waals surface area contributed by atoms with Crippen molar-refractivity contribution in [3.05, 3.63) is 109 Å². The molecule has 0 aliphatic rings. The minimum atomic E-state index is 0.306. The number of benzene rings is 3. The van der Waals surface area contributed by atoms with Gasteiger partial charge in [-0.05, 0) is 40.8 Å². The number of hydrogen-bond donors (Lipinski definition) is 1. The lowest BCUT2D eigenvalue weighted by Gasteiger charge is -2.22. The van der Waals surface area contributed by atoms with E-state index < -0.39 is 0 Å². The molecule has 1 unspecified atom stereocenters. The minimum Gasteiger partial charge on any atom is -0.489 e. The van der Waals surface area contributed by atoms with Gasteiger partial charge in [0.1, 0.15) is 12.4 Å².